The first kappa shape index (κ1) is 14.2. The number of Topliss-reactive ketones (excluding diaryl/α,β-unsaturated/α-hetero) is 1. The average Bonchev–Trinajstić information content (AvgIpc) is 2.20. The van der Waals surface area contributed by atoms with Crippen molar-refractivity contribution < 1.29 is 14.4 Å². The highest BCUT2D eigenvalue weighted by Gasteiger charge is 2.16. The SMILES string of the molecule is CC1=CC(=NOC(=O)NC(C)(C)C)C=C(C)C1=O. The molecule has 18 heavy (non-hydrogen) atoms. The van der Waals surface area contributed by atoms with Crippen LogP contribution in [-0.2, 0) is 9.63 Å². The van der Waals surface area contributed by atoms with Gasteiger partial charge in [0.1, 0.15) is 5.71 Å². The first-order chi connectivity index (χ1) is 8.19. The maximum Gasteiger partial charge on any atom is 0.433 e. The molecule has 0 heterocycles. The van der Waals surface area contributed by atoms with Gasteiger partial charge < -0.3 is 5.32 Å². The number of carbonyl (C=O) groups excluding carboxylic acids is 2. The van der Waals surface area contributed by atoms with Crippen LogP contribution in [0.1, 0.15) is 34.6 Å². The molecule has 0 radical (unpaired) electrons. The minimum absolute atomic E-state index is 0.0203. The van der Waals surface area contributed by atoms with Crippen molar-refractivity contribution in [1.82, 2.24) is 5.32 Å². The van der Waals surface area contributed by atoms with E-state index in [1.165, 1.54) is 0 Å². The topological polar surface area (TPSA) is 67.8 Å². The highest BCUT2D eigenvalue weighted by atomic mass is 16.7. The molecule has 0 spiro atoms. The van der Waals surface area contributed by atoms with Gasteiger partial charge in [-0.05, 0) is 57.9 Å². The maximum absolute atomic E-state index is 11.5. The zero-order chi connectivity index (χ0) is 13.9. The van der Waals surface area contributed by atoms with Crippen LogP contribution < -0.4 is 5.32 Å². The molecular formula is C13H18N2O3. The highest BCUT2D eigenvalue weighted by molar-refractivity contribution is 6.21. The Bertz CT molecular complexity index is 441. The summed E-state index contributed by atoms with van der Waals surface area (Å²) >= 11 is 0. The lowest BCUT2D eigenvalue weighted by Gasteiger charge is -2.18. The highest BCUT2D eigenvalue weighted by Crippen LogP contribution is 2.12. The molecular weight excluding hydrogens is 232 g/mol. The lowest BCUT2D eigenvalue weighted by Crippen LogP contribution is -2.40. The van der Waals surface area contributed by atoms with Crippen molar-refractivity contribution in [2.24, 2.45) is 5.16 Å². The van der Waals surface area contributed by atoms with Gasteiger partial charge in [0, 0.05) is 5.54 Å². The Kier molecular flexibility index (Phi) is 4.06. The van der Waals surface area contributed by atoms with Crippen LogP contribution >= 0.6 is 0 Å². The van der Waals surface area contributed by atoms with Crippen molar-refractivity contribution in [3.8, 4) is 0 Å². The smallest absolute Gasteiger partial charge is 0.315 e. The third kappa shape index (κ3) is 4.16. The van der Waals surface area contributed by atoms with Crippen LogP contribution in [-0.4, -0.2) is 23.1 Å². The number of hydrogen-bond acceptors (Lipinski definition) is 4. The number of oxime groups is 1. The molecule has 98 valence electrons. The fourth-order valence-corrected chi connectivity index (χ4v) is 1.40. The maximum atomic E-state index is 11.5. The van der Waals surface area contributed by atoms with Gasteiger partial charge in [0.15, 0.2) is 5.78 Å². The zero-order valence-corrected chi connectivity index (χ0v) is 11.3. The summed E-state index contributed by atoms with van der Waals surface area (Å²) in [5.41, 5.74) is 1.23. The van der Waals surface area contributed by atoms with Crippen molar-refractivity contribution in [3.63, 3.8) is 0 Å². The van der Waals surface area contributed by atoms with Gasteiger partial charge in [-0.3, -0.25) is 9.63 Å². The van der Waals surface area contributed by atoms with Gasteiger partial charge in [0.25, 0.3) is 0 Å². The predicted octanol–water partition coefficient (Wildman–Crippen LogP) is 2.34. The van der Waals surface area contributed by atoms with Gasteiger partial charge in [-0.2, -0.15) is 0 Å². The summed E-state index contributed by atoms with van der Waals surface area (Å²) in [5.74, 6) is -0.0203. The molecule has 0 bridgehead atoms. The third-order valence-electron chi connectivity index (χ3n) is 2.16. The van der Waals surface area contributed by atoms with E-state index in [-0.39, 0.29) is 11.3 Å². The standard InChI is InChI=1S/C13H18N2O3/c1-8-6-10(7-9(2)11(8)16)15-18-12(17)14-13(3,4)5/h6-7H,1-5H3,(H,14,17). The molecule has 0 aromatic heterocycles. The van der Waals surface area contributed by atoms with E-state index in [1.807, 2.05) is 20.8 Å². The van der Waals surface area contributed by atoms with E-state index < -0.39 is 6.09 Å². The summed E-state index contributed by atoms with van der Waals surface area (Å²) in [7, 11) is 0. The summed E-state index contributed by atoms with van der Waals surface area (Å²) in [6.07, 6.45) is 2.54. The Morgan fingerprint density at radius 2 is 1.72 bits per heavy atom. The minimum Gasteiger partial charge on any atom is -0.315 e. The van der Waals surface area contributed by atoms with E-state index in [9.17, 15) is 9.59 Å². The molecule has 0 aromatic rings. The molecule has 5 nitrogen and oxygen atoms in total. The molecule has 0 fully saturated rings. The van der Waals surface area contributed by atoms with Crippen molar-refractivity contribution >= 4 is 17.6 Å². The van der Waals surface area contributed by atoms with E-state index in [4.69, 9.17) is 4.84 Å². The van der Waals surface area contributed by atoms with E-state index in [1.54, 1.807) is 26.0 Å². The Morgan fingerprint density at radius 3 is 2.17 bits per heavy atom. The Hall–Kier alpha value is -1.91. The van der Waals surface area contributed by atoms with Gasteiger partial charge in [0.05, 0.1) is 0 Å². The molecule has 1 N–H and O–H groups in total. The number of hydrogen-bond donors (Lipinski definition) is 1. The second-order valence-electron chi connectivity index (χ2n) is 5.25. The van der Waals surface area contributed by atoms with Gasteiger partial charge in [-0.15, -0.1) is 0 Å². The lowest BCUT2D eigenvalue weighted by molar-refractivity contribution is -0.112. The fourth-order valence-electron chi connectivity index (χ4n) is 1.40. The molecule has 0 saturated heterocycles. The normalized spacial score (nSPS) is 15.8. The van der Waals surface area contributed by atoms with Gasteiger partial charge in [0.2, 0.25) is 0 Å². The lowest BCUT2D eigenvalue weighted by atomic mass is 9.98. The van der Waals surface area contributed by atoms with Crippen LogP contribution in [0.2, 0.25) is 0 Å². The summed E-state index contributed by atoms with van der Waals surface area (Å²) in [5, 5.41) is 6.32. The molecule has 0 saturated carbocycles. The number of carbonyl (C=O) groups is 2. The average molecular weight is 250 g/mol. The Morgan fingerprint density at radius 1 is 1.22 bits per heavy atom. The molecule has 1 amide bonds. The summed E-state index contributed by atoms with van der Waals surface area (Å²) in [4.78, 5) is 27.6. The van der Waals surface area contributed by atoms with Crippen LogP contribution in [0.3, 0.4) is 0 Å². The fraction of sp³-hybridized carbons (Fsp3) is 0.462. The zero-order valence-electron chi connectivity index (χ0n) is 11.3. The monoisotopic (exact) mass is 250 g/mol. The van der Waals surface area contributed by atoms with Crippen molar-refractivity contribution in [3.05, 3.63) is 23.3 Å². The summed E-state index contributed by atoms with van der Waals surface area (Å²) in [6, 6.07) is 0. The molecule has 0 atom stereocenters. The van der Waals surface area contributed by atoms with Crippen molar-refractivity contribution in [2.45, 2.75) is 40.2 Å². The largest absolute Gasteiger partial charge is 0.433 e. The van der Waals surface area contributed by atoms with Crippen LogP contribution in [0.5, 0.6) is 0 Å². The molecule has 1 rings (SSSR count). The number of allylic oxidation sites excluding steroid dienone is 4. The minimum atomic E-state index is -0.621. The number of rotatable bonds is 1. The molecule has 5 heteroatoms. The second-order valence-corrected chi connectivity index (χ2v) is 5.25. The number of nitrogens with one attached hydrogen (secondary N) is 1. The number of amides is 1. The summed E-state index contributed by atoms with van der Waals surface area (Å²) < 4.78 is 0. The van der Waals surface area contributed by atoms with E-state index in [2.05, 4.69) is 10.5 Å². The van der Waals surface area contributed by atoms with Gasteiger partial charge in [-0.25, -0.2) is 4.79 Å². The second kappa shape index (κ2) is 5.16. The molecule has 0 unspecified atom stereocenters. The Balaban J connectivity index is 2.70. The predicted molar refractivity (Wildman–Crippen MR) is 69.3 cm³/mol. The third-order valence-corrected chi connectivity index (χ3v) is 2.16. The van der Waals surface area contributed by atoms with Crippen LogP contribution in [0.25, 0.3) is 0 Å². The van der Waals surface area contributed by atoms with Crippen molar-refractivity contribution in [1.29, 1.82) is 0 Å². The molecule has 0 aliphatic heterocycles. The van der Waals surface area contributed by atoms with Crippen LogP contribution in [0.15, 0.2) is 28.5 Å². The summed E-state index contributed by atoms with van der Waals surface area (Å²) in [6.45, 7) is 8.92. The molecule has 1 aliphatic carbocycles. The quantitative estimate of drug-likeness (QED) is 0.441. The van der Waals surface area contributed by atoms with Crippen LogP contribution in [0.4, 0.5) is 4.79 Å². The molecule has 1 aliphatic rings. The number of ketones is 1. The molecule has 0 aromatic carbocycles. The van der Waals surface area contributed by atoms with E-state index >= 15 is 0 Å². The first-order valence-corrected chi connectivity index (χ1v) is 5.67. The van der Waals surface area contributed by atoms with Crippen LogP contribution in [0, 0.1) is 0 Å². The van der Waals surface area contributed by atoms with Crippen molar-refractivity contribution in [2.75, 3.05) is 0 Å². The number of nitrogens with zero attached hydrogens (tertiary/aromatic N) is 1. The first-order valence-electron chi connectivity index (χ1n) is 5.67. The van der Waals surface area contributed by atoms with Gasteiger partial charge >= 0.3 is 6.09 Å². The Labute approximate surface area is 107 Å². The van der Waals surface area contributed by atoms with E-state index in [0.29, 0.717) is 16.9 Å². The van der Waals surface area contributed by atoms with Gasteiger partial charge in [-0.1, -0.05) is 5.16 Å². The van der Waals surface area contributed by atoms with E-state index in [0.717, 1.165) is 0 Å².